The van der Waals surface area contributed by atoms with E-state index in [-0.39, 0.29) is 24.8 Å². The highest BCUT2D eigenvalue weighted by atomic mass is 16.5. The van der Waals surface area contributed by atoms with Crippen LogP contribution < -0.4 is 9.64 Å². The lowest BCUT2D eigenvalue weighted by Crippen LogP contribution is -2.46. The smallest absolute Gasteiger partial charge is 0.257 e. The number of hydrogen-bond donors (Lipinski definition) is 1. The first-order chi connectivity index (χ1) is 18.0. The molecule has 8 nitrogen and oxygen atoms in total. The summed E-state index contributed by atoms with van der Waals surface area (Å²) in [6.45, 7) is 0.248. The second-order valence-corrected chi connectivity index (χ2v) is 8.78. The van der Waals surface area contributed by atoms with Crippen LogP contribution in [0.3, 0.4) is 0 Å². The lowest BCUT2D eigenvalue weighted by Gasteiger charge is -2.28. The molecule has 37 heavy (non-hydrogen) atoms. The molecule has 1 aliphatic rings. The number of imide groups is 1. The minimum atomic E-state index is -0.942. The number of anilines is 1. The van der Waals surface area contributed by atoms with Gasteiger partial charge in [-0.2, -0.15) is 5.26 Å². The molecule has 1 aliphatic heterocycles. The van der Waals surface area contributed by atoms with Crippen molar-refractivity contribution in [2.75, 3.05) is 18.6 Å². The van der Waals surface area contributed by atoms with E-state index in [2.05, 4.69) is 4.98 Å². The molecule has 1 fully saturated rings. The standard InChI is InChI=1S/C29H24N4O4/c1-37-23-12-8-20(9-13-23)28(35)32(15-14-21-18-31-25-5-3-2-4-24(21)25)26-16-27(34)33(29(26)36)22-10-6-19(17-30)7-11-22/h2-13,18,26,31H,14-16H2,1H3. The summed E-state index contributed by atoms with van der Waals surface area (Å²) < 4.78 is 5.20. The number of nitriles is 1. The third kappa shape index (κ3) is 4.55. The summed E-state index contributed by atoms with van der Waals surface area (Å²) in [6.07, 6.45) is 2.29. The van der Waals surface area contributed by atoms with Gasteiger partial charge in [-0.15, -0.1) is 0 Å². The van der Waals surface area contributed by atoms with Gasteiger partial charge in [-0.05, 0) is 66.6 Å². The summed E-state index contributed by atoms with van der Waals surface area (Å²) in [4.78, 5) is 46.1. The van der Waals surface area contributed by atoms with Crippen LogP contribution in [-0.4, -0.2) is 47.3 Å². The number of para-hydroxylation sites is 1. The summed E-state index contributed by atoms with van der Waals surface area (Å²) >= 11 is 0. The number of carbonyl (C=O) groups excluding carboxylic acids is 3. The number of nitrogens with one attached hydrogen (secondary N) is 1. The first kappa shape index (κ1) is 23.8. The number of aromatic amines is 1. The van der Waals surface area contributed by atoms with E-state index in [4.69, 9.17) is 10.00 Å². The third-order valence-electron chi connectivity index (χ3n) is 6.65. The van der Waals surface area contributed by atoms with Gasteiger partial charge in [0.2, 0.25) is 5.91 Å². The van der Waals surface area contributed by atoms with Crippen LogP contribution in [0.5, 0.6) is 5.75 Å². The van der Waals surface area contributed by atoms with E-state index in [1.165, 1.54) is 4.90 Å². The molecule has 0 bridgehead atoms. The van der Waals surface area contributed by atoms with Crippen molar-refractivity contribution < 1.29 is 19.1 Å². The first-order valence-corrected chi connectivity index (χ1v) is 11.9. The number of amides is 3. The van der Waals surface area contributed by atoms with E-state index in [1.54, 1.807) is 55.6 Å². The molecule has 0 radical (unpaired) electrons. The van der Waals surface area contributed by atoms with Crippen molar-refractivity contribution >= 4 is 34.3 Å². The van der Waals surface area contributed by atoms with Crippen LogP contribution in [0.1, 0.15) is 27.9 Å². The number of H-pyrrole nitrogens is 1. The van der Waals surface area contributed by atoms with Crippen molar-refractivity contribution in [3.8, 4) is 11.8 Å². The maximum Gasteiger partial charge on any atom is 0.257 e. The molecule has 1 unspecified atom stereocenters. The van der Waals surface area contributed by atoms with Gasteiger partial charge in [0.1, 0.15) is 11.8 Å². The maximum absolute atomic E-state index is 13.7. The normalized spacial score (nSPS) is 15.1. The number of hydrogen-bond acceptors (Lipinski definition) is 5. The topological polar surface area (TPSA) is 106 Å². The largest absolute Gasteiger partial charge is 0.497 e. The van der Waals surface area contributed by atoms with Gasteiger partial charge in [-0.1, -0.05) is 18.2 Å². The second kappa shape index (κ2) is 9.99. The molecule has 1 saturated heterocycles. The monoisotopic (exact) mass is 492 g/mol. The predicted molar refractivity (Wildman–Crippen MR) is 138 cm³/mol. The Kier molecular flexibility index (Phi) is 6.43. The number of carbonyl (C=O) groups is 3. The van der Waals surface area contributed by atoms with E-state index in [0.29, 0.717) is 29.0 Å². The first-order valence-electron chi connectivity index (χ1n) is 11.9. The molecule has 184 valence electrons. The Morgan fingerprint density at radius 1 is 1.08 bits per heavy atom. The van der Waals surface area contributed by atoms with Gasteiger partial charge in [-0.25, -0.2) is 4.90 Å². The number of methoxy groups -OCH3 is 1. The Hall–Kier alpha value is -4.90. The van der Waals surface area contributed by atoms with Gasteiger partial charge in [0.15, 0.2) is 0 Å². The van der Waals surface area contributed by atoms with Crippen LogP contribution in [0.2, 0.25) is 0 Å². The van der Waals surface area contributed by atoms with E-state index in [1.807, 2.05) is 36.5 Å². The number of nitrogens with zero attached hydrogens (tertiary/aromatic N) is 3. The number of ether oxygens (including phenoxy) is 1. The third-order valence-corrected chi connectivity index (χ3v) is 6.65. The van der Waals surface area contributed by atoms with Crippen LogP contribution in [-0.2, 0) is 16.0 Å². The van der Waals surface area contributed by atoms with Crippen molar-refractivity contribution in [2.24, 2.45) is 0 Å². The molecular weight excluding hydrogens is 468 g/mol. The Balaban J connectivity index is 1.45. The molecular formula is C29H24N4O4. The van der Waals surface area contributed by atoms with Gasteiger partial charge < -0.3 is 14.6 Å². The molecule has 3 amide bonds. The Labute approximate surface area is 213 Å². The molecule has 1 N–H and O–H groups in total. The van der Waals surface area contributed by atoms with Gasteiger partial charge in [0, 0.05) is 29.2 Å². The zero-order valence-electron chi connectivity index (χ0n) is 20.2. The predicted octanol–water partition coefficient (Wildman–Crippen LogP) is 4.07. The van der Waals surface area contributed by atoms with Gasteiger partial charge >= 0.3 is 0 Å². The molecule has 8 heteroatoms. The molecule has 0 saturated carbocycles. The Bertz CT molecular complexity index is 1520. The summed E-state index contributed by atoms with van der Waals surface area (Å²) in [6, 6.07) is 21.9. The average Bonchev–Trinajstić information content (AvgIpc) is 3.48. The molecule has 0 aliphatic carbocycles. The van der Waals surface area contributed by atoms with Crippen molar-refractivity contribution in [2.45, 2.75) is 18.9 Å². The second-order valence-electron chi connectivity index (χ2n) is 8.78. The molecule has 1 atom stereocenters. The number of aromatic nitrogens is 1. The molecule has 4 aromatic rings. The van der Waals surface area contributed by atoms with Crippen molar-refractivity contribution in [1.29, 1.82) is 5.26 Å². The summed E-state index contributed by atoms with van der Waals surface area (Å²) in [5.41, 5.74) is 3.21. The van der Waals surface area contributed by atoms with E-state index < -0.39 is 11.9 Å². The average molecular weight is 493 g/mol. The van der Waals surface area contributed by atoms with Crippen molar-refractivity contribution in [1.82, 2.24) is 9.88 Å². The fourth-order valence-corrected chi connectivity index (χ4v) is 4.69. The Morgan fingerprint density at radius 3 is 2.51 bits per heavy atom. The number of benzene rings is 3. The lowest BCUT2D eigenvalue weighted by molar-refractivity contribution is -0.122. The quantitative estimate of drug-likeness (QED) is 0.392. The Morgan fingerprint density at radius 2 is 1.81 bits per heavy atom. The van der Waals surface area contributed by atoms with Crippen molar-refractivity contribution in [3.63, 3.8) is 0 Å². The molecule has 2 heterocycles. The van der Waals surface area contributed by atoms with Crippen LogP contribution >= 0.6 is 0 Å². The lowest BCUT2D eigenvalue weighted by atomic mass is 10.1. The zero-order chi connectivity index (χ0) is 25.9. The molecule has 0 spiro atoms. The summed E-state index contributed by atoms with van der Waals surface area (Å²) in [7, 11) is 1.55. The number of rotatable bonds is 7. The van der Waals surface area contributed by atoms with E-state index in [0.717, 1.165) is 21.4 Å². The molecule has 3 aromatic carbocycles. The number of fused-ring (bicyclic) bond motifs is 1. The fraction of sp³-hybridized carbons (Fsp3) is 0.172. The van der Waals surface area contributed by atoms with Gasteiger partial charge in [-0.3, -0.25) is 14.4 Å². The van der Waals surface area contributed by atoms with Crippen LogP contribution in [0.4, 0.5) is 5.69 Å². The minimum absolute atomic E-state index is 0.116. The van der Waals surface area contributed by atoms with E-state index in [9.17, 15) is 14.4 Å². The minimum Gasteiger partial charge on any atom is -0.497 e. The summed E-state index contributed by atoms with van der Waals surface area (Å²) in [5.74, 6) is -0.578. The van der Waals surface area contributed by atoms with Gasteiger partial charge in [0.25, 0.3) is 11.8 Å². The fourth-order valence-electron chi connectivity index (χ4n) is 4.69. The van der Waals surface area contributed by atoms with Crippen LogP contribution in [0.25, 0.3) is 10.9 Å². The maximum atomic E-state index is 13.7. The van der Waals surface area contributed by atoms with Crippen LogP contribution in [0.15, 0.2) is 79.0 Å². The highest BCUT2D eigenvalue weighted by Gasteiger charge is 2.44. The van der Waals surface area contributed by atoms with Gasteiger partial charge in [0.05, 0.1) is 30.9 Å². The molecule has 5 rings (SSSR count). The van der Waals surface area contributed by atoms with E-state index >= 15 is 0 Å². The molecule has 1 aromatic heterocycles. The summed E-state index contributed by atoms with van der Waals surface area (Å²) in [5, 5.41) is 10.1. The highest BCUT2D eigenvalue weighted by Crippen LogP contribution is 2.28. The zero-order valence-corrected chi connectivity index (χ0v) is 20.2. The van der Waals surface area contributed by atoms with Crippen molar-refractivity contribution in [3.05, 3.63) is 95.7 Å². The van der Waals surface area contributed by atoms with Crippen LogP contribution in [0, 0.1) is 11.3 Å². The SMILES string of the molecule is COc1ccc(C(=O)N(CCc2c[nH]c3ccccc23)C2CC(=O)N(c3ccc(C#N)cc3)C2=O)cc1. The highest BCUT2D eigenvalue weighted by molar-refractivity contribution is 6.23.